The summed E-state index contributed by atoms with van der Waals surface area (Å²) in [4.78, 5) is 14.6. The molecule has 3 fully saturated rings. The van der Waals surface area contributed by atoms with Crippen molar-refractivity contribution in [2.75, 3.05) is 32.9 Å². The molecule has 2 aliphatic heterocycles. The molecule has 0 radical (unpaired) electrons. The summed E-state index contributed by atoms with van der Waals surface area (Å²) < 4.78 is 11.4. The average Bonchev–Trinajstić information content (AvgIpc) is 3.07. The van der Waals surface area contributed by atoms with E-state index in [-0.39, 0.29) is 5.91 Å². The fourth-order valence-electron chi connectivity index (χ4n) is 3.94. The molecule has 2 heterocycles. The van der Waals surface area contributed by atoms with Crippen molar-refractivity contribution < 1.29 is 14.3 Å². The lowest BCUT2D eigenvalue weighted by atomic mass is 9.89. The van der Waals surface area contributed by atoms with Crippen LogP contribution >= 0.6 is 0 Å². The van der Waals surface area contributed by atoms with E-state index in [2.05, 4.69) is 0 Å². The number of ether oxygens (including phenoxy) is 2. The van der Waals surface area contributed by atoms with Crippen molar-refractivity contribution in [3.8, 4) is 0 Å². The largest absolute Gasteiger partial charge is 0.381 e. The smallest absolute Gasteiger partial charge is 0.242 e. The monoisotopic (exact) mass is 310 g/mol. The molecule has 5 heteroatoms. The molecule has 2 N–H and O–H groups in total. The predicted octanol–water partition coefficient (Wildman–Crippen LogP) is 1.69. The van der Waals surface area contributed by atoms with Gasteiger partial charge in [-0.05, 0) is 44.4 Å². The molecule has 3 aliphatic rings. The van der Waals surface area contributed by atoms with Crippen molar-refractivity contribution in [3.63, 3.8) is 0 Å². The Hall–Kier alpha value is -0.650. The summed E-state index contributed by atoms with van der Waals surface area (Å²) >= 11 is 0. The number of nitrogens with two attached hydrogens (primary N) is 1. The minimum atomic E-state index is -0.699. The van der Waals surface area contributed by atoms with Gasteiger partial charge in [-0.25, -0.2) is 0 Å². The number of carbonyl (C=O) groups is 1. The predicted molar refractivity (Wildman–Crippen MR) is 84.5 cm³/mol. The molecule has 0 aromatic heterocycles. The van der Waals surface area contributed by atoms with Crippen LogP contribution in [0.15, 0.2) is 0 Å². The summed E-state index contributed by atoms with van der Waals surface area (Å²) in [6.07, 6.45) is 8.90. The molecule has 3 rings (SSSR count). The minimum absolute atomic E-state index is 0.116. The molecule has 1 aliphatic carbocycles. The van der Waals surface area contributed by atoms with Gasteiger partial charge in [0.2, 0.25) is 5.91 Å². The quantitative estimate of drug-likeness (QED) is 0.858. The Labute approximate surface area is 133 Å². The number of rotatable bonds is 4. The van der Waals surface area contributed by atoms with Crippen LogP contribution in [0.4, 0.5) is 0 Å². The number of piperidine rings is 1. The molecule has 0 aromatic rings. The Morgan fingerprint density at radius 1 is 1.14 bits per heavy atom. The molecule has 22 heavy (non-hydrogen) atoms. The van der Waals surface area contributed by atoms with E-state index in [4.69, 9.17) is 15.2 Å². The number of hydrogen-bond donors (Lipinski definition) is 1. The maximum absolute atomic E-state index is 12.7. The maximum atomic E-state index is 12.7. The van der Waals surface area contributed by atoms with Crippen LogP contribution in [0.3, 0.4) is 0 Å². The molecule has 5 nitrogen and oxygen atoms in total. The van der Waals surface area contributed by atoms with Crippen molar-refractivity contribution in [2.24, 2.45) is 11.7 Å². The van der Waals surface area contributed by atoms with Crippen molar-refractivity contribution in [1.82, 2.24) is 4.90 Å². The molecule has 126 valence electrons. The van der Waals surface area contributed by atoms with Crippen LogP contribution < -0.4 is 5.73 Å². The lowest BCUT2D eigenvalue weighted by Gasteiger charge is -2.39. The second kappa shape index (κ2) is 7.28. The lowest BCUT2D eigenvalue weighted by Crippen LogP contribution is -2.59. The highest BCUT2D eigenvalue weighted by atomic mass is 16.5. The van der Waals surface area contributed by atoms with Crippen molar-refractivity contribution in [3.05, 3.63) is 0 Å². The molecule has 2 saturated heterocycles. The molecule has 1 saturated carbocycles. The summed E-state index contributed by atoms with van der Waals surface area (Å²) in [6.45, 7) is 3.69. The van der Waals surface area contributed by atoms with Gasteiger partial charge >= 0.3 is 0 Å². The molecule has 0 aromatic carbocycles. The van der Waals surface area contributed by atoms with Gasteiger partial charge in [0.05, 0.1) is 11.6 Å². The van der Waals surface area contributed by atoms with Gasteiger partial charge in [0.15, 0.2) is 0 Å². The van der Waals surface area contributed by atoms with Crippen molar-refractivity contribution in [1.29, 1.82) is 0 Å². The zero-order valence-corrected chi connectivity index (χ0v) is 13.6. The van der Waals surface area contributed by atoms with Crippen LogP contribution in [0.1, 0.15) is 51.4 Å². The zero-order valence-electron chi connectivity index (χ0n) is 13.6. The summed E-state index contributed by atoms with van der Waals surface area (Å²) in [7, 11) is 0. The van der Waals surface area contributed by atoms with Crippen LogP contribution in [0.2, 0.25) is 0 Å². The van der Waals surface area contributed by atoms with Gasteiger partial charge in [-0.3, -0.25) is 4.79 Å². The van der Waals surface area contributed by atoms with Crippen LogP contribution in [0.25, 0.3) is 0 Å². The van der Waals surface area contributed by atoms with E-state index in [1.54, 1.807) is 0 Å². The third kappa shape index (κ3) is 3.81. The van der Waals surface area contributed by atoms with Gasteiger partial charge < -0.3 is 20.1 Å². The van der Waals surface area contributed by atoms with Crippen LogP contribution in [0, 0.1) is 5.92 Å². The molecule has 0 spiro atoms. The van der Waals surface area contributed by atoms with Crippen molar-refractivity contribution >= 4 is 5.91 Å². The molecule has 0 unspecified atom stereocenters. The van der Waals surface area contributed by atoms with Gasteiger partial charge in [-0.15, -0.1) is 0 Å². The number of hydrogen-bond acceptors (Lipinski definition) is 4. The summed E-state index contributed by atoms with van der Waals surface area (Å²) in [5.74, 6) is 0.888. The van der Waals surface area contributed by atoms with Gasteiger partial charge in [0.25, 0.3) is 0 Å². The minimum Gasteiger partial charge on any atom is -0.381 e. The molecular weight excluding hydrogens is 280 g/mol. The standard InChI is InChI=1S/C17H30N2O3/c18-17(7-11-21-12-8-17)16(20)19-9-5-15(6-10-19)22-13-14-3-1-2-4-14/h14-15H,1-13,18H2. The third-order valence-electron chi connectivity index (χ3n) is 5.58. The summed E-state index contributed by atoms with van der Waals surface area (Å²) in [6, 6.07) is 0. The van der Waals surface area contributed by atoms with Crippen LogP contribution in [-0.2, 0) is 14.3 Å². The number of carbonyl (C=O) groups excluding carboxylic acids is 1. The maximum Gasteiger partial charge on any atom is 0.242 e. The first kappa shape index (κ1) is 16.2. The third-order valence-corrected chi connectivity index (χ3v) is 5.58. The Morgan fingerprint density at radius 3 is 2.41 bits per heavy atom. The van der Waals surface area contributed by atoms with E-state index in [1.807, 2.05) is 4.90 Å². The highest BCUT2D eigenvalue weighted by Gasteiger charge is 2.40. The lowest BCUT2D eigenvalue weighted by molar-refractivity contribution is -0.143. The Kier molecular flexibility index (Phi) is 5.37. The summed E-state index contributed by atoms with van der Waals surface area (Å²) in [5, 5.41) is 0. The molecular formula is C17H30N2O3. The first-order valence-corrected chi connectivity index (χ1v) is 8.95. The fourth-order valence-corrected chi connectivity index (χ4v) is 3.94. The SMILES string of the molecule is NC1(C(=O)N2CCC(OCC3CCCC3)CC2)CCOCC1. The average molecular weight is 310 g/mol. The molecule has 0 atom stereocenters. The zero-order chi connectivity index (χ0) is 15.4. The Balaban J connectivity index is 1.41. The topological polar surface area (TPSA) is 64.8 Å². The number of nitrogens with zero attached hydrogens (tertiary/aromatic N) is 1. The van der Waals surface area contributed by atoms with Gasteiger partial charge in [-0.2, -0.15) is 0 Å². The van der Waals surface area contributed by atoms with Crippen molar-refractivity contribution in [2.45, 2.75) is 63.0 Å². The van der Waals surface area contributed by atoms with Gasteiger partial charge in [0.1, 0.15) is 0 Å². The summed E-state index contributed by atoms with van der Waals surface area (Å²) in [5.41, 5.74) is 5.61. The van der Waals surface area contributed by atoms with E-state index in [0.29, 0.717) is 32.2 Å². The van der Waals surface area contributed by atoms with Crippen LogP contribution in [-0.4, -0.2) is 55.4 Å². The van der Waals surface area contributed by atoms with E-state index < -0.39 is 5.54 Å². The highest BCUT2D eigenvalue weighted by Crippen LogP contribution is 2.27. The fraction of sp³-hybridized carbons (Fsp3) is 0.941. The van der Waals surface area contributed by atoms with Crippen LogP contribution in [0.5, 0.6) is 0 Å². The Bertz CT molecular complexity index is 368. The molecule has 0 bridgehead atoms. The number of likely N-dealkylation sites (tertiary alicyclic amines) is 1. The van der Waals surface area contributed by atoms with Gasteiger partial charge in [0, 0.05) is 32.9 Å². The normalized spacial score (nSPS) is 27.2. The van der Waals surface area contributed by atoms with E-state index in [0.717, 1.165) is 38.5 Å². The molecule has 1 amide bonds. The van der Waals surface area contributed by atoms with E-state index in [9.17, 15) is 4.79 Å². The second-order valence-electron chi connectivity index (χ2n) is 7.24. The Morgan fingerprint density at radius 2 is 1.77 bits per heavy atom. The second-order valence-corrected chi connectivity index (χ2v) is 7.24. The first-order valence-electron chi connectivity index (χ1n) is 8.95. The van der Waals surface area contributed by atoms with E-state index in [1.165, 1.54) is 25.7 Å². The first-order chi connectivity index (χ1) is 10.7. The van der Waals surface area contributed by atoms with E-state index >= 15 is 0 Å². The number of amides is 1. The highest BCUT2D eigenvalue weighted by molar-refractivity contribution is 5.86. The van der Waals surface area contributed by atoms with Gasteiger partial charge in [-0.1, -0.05) is 12.8 Å².